The molecule has 4 heteroatoms. The van der Waals surface area contributed by atoms with Crippen LogP contribution in [0.3, 0.4) is 0 Å². The van der Waals surface area contributed by atoms with Gasteiger partial charge in [0.05, 0.1) is 0 Å². The first kappa shape index (κ1) is 15.7. The number of aryl methyl sites for hydroxylation is 1. The molecule has 2 rings (SSSR count). The Morgan fingerprint density at radius 2 is 1.90 bits per heavy atom. The molecule has 21 heavy (non-hydrogen) atoms. The Bertz CT molecular complexity index is 508. The van der Waals surface area contributed by atoms with E-state index in [9.17, 15) is 4.79 Å². The van der Waals surface area contributed by atoms with Gasteiger partial charge in [0.15, 0.2) is 0 Å². The summed E-state index contributed by atoms with van der Waals surface area (Å²) >= 11 is 0. The van der Waals surface area contributed by atoms with E-state index in [0.717, 1.165) is 13.1 Å². The molecule has 1 fully saturated rings. The fourth-order valence-corrected chi connectivity index (χ4v) is 2.69. The highest BCUT2D eigenvalue weighted by molar-refractivity contribution is 5.69. The second kappa shape index (κ2) is 5.96. The van der Waals surface area contributed by atoms with Crippen molar-refractivity contribution >= 4 is 11.8 Å². The van der Waals surface area contributed by atoms with E-state index in [1.54, 1.807) is 0 Å². The lowest BCUT2D eigenvalue weighted by Gasteiger charge is -2.41. The average molecular weight is 290 g/mol. The molecular formula is C17H26N2O2. The number of ether oxygens (including phenoxy) is 1. The number of piperazine rings is 1. The second-order valence-electron chi connectivity index (χ2n) is 6.76. The van der Waals surface area contributed by atoms with Crippen molar-refractivity contribution in [3.05, 3.63) is 29.8 Å². The molecule has 0 aromatic heterocycles. The summed E-state index contributed by atoms with van der Waals surface area (Å²) in [6.45, 7) is 12.3. The van der Waals surface area contributed by atoms with Crippen LogP contribution >= 0.6 is 0 Å². The van der Waals surface area contributed by atoms with E-state index < -0.39 is 5.60 Å². The minimum absolute atomic E-state index is 0.146. The van der Waals surface area contributed by atoms with Crippen LogP contribution in [0.25, 0.3) is 0 Å². The van der Waals surface area contributed by atoms with E-state index in [1.165, 1.54) is 11.3 Å². The SMILES string of the molecule is Cc1ccccc1N1CCN(C(=O)OC(C)(C)C)[C@H](C)C1. The first-order valence-electron chi connectivity index (χ1n) is 7.58. The highest BCUT2D eigenvalue weighted by Crippen LogP contribution is 2.23. The van der Waals surface area contributed by atoms with Crippen molar-refractivity contribution in [1.29, 1.82) is 0 Å². The number of benzene rings is 1. The number of para-hydroxylation sites is 1. The van der Waals surface area contributed by atoms with Gasteiger partial charge in [0.2, 0.25) is 0 Å². The lowest BCUT2D eigenvalue weighted by Crippen LogP contribution is -2.55. The fourth-order valence-electron chi connectivity index (χ4n) is 2.69. The summed E-state index contributed by atoms with van der Waals surface area (Å²) in [6, 6.07) is 8.53. The maximum atomic E-state index is 12.2. The minimum Gasteiger partial charge on any atom is -0.444 e. The summed E-state index contributed by atoms with van der Waals surface area (Å²) in [5.74, 6) is 0. The monoisotopic (exact) mass is 290 g/mol. The zero-order chi connectivity index (χ0) is 15.6. The molecule has 1 saturated heterocycles. The summed E-state index contributed by atoms with van der Waals surface area (Å²) in [6.07, 6.45) is -0.209. The summed E-state index contributed by atoms with van der Waals surface area (Å²) in [7, 11) is 0. The van der Waals surface area contributed by atoms with Gasteiger partial charge in [0, 0.05) is 31.4 Å². The van der Waals surface area contributed by atoms with E-state index in [0.29, 0.717) is 6.54 Å². The normalized spacial score (nSPS) is 19.6. The van der Waals surface area contributed by atoms with E-state index in [4.69, 9.17) is 4.74 Å². The average Bonchev–Trinajstić information content (AvgIpc) is 2.37. The number of carbonyl (C=O) groups is 1. The molecule has 0 N–H and O–H groups in total. The van der Waals surface area contributed by atoms with Gasteiger partial charge in [0.1, 0.15) is 5.60 Å². The zero-order valence-electron chi connectivity index (χ0n) is 13.7. The first-order chi connectivity index (χ1) is 9.78. The molecule has 1 atom stereocenters. The first-order valence-corrected chi connectivity index (χ1v) is 7.58. The van der Waals surface area contributed by atoms with Gasteiger partial charge in [-0.05, 0) is 46.2 Å². The van der Waals surface area contributed by atoms with Crippen LogP contribution in [-0.2, 0) is 4.74 Å². The molecule has 0 spiro atoms. The molecule has 0 bridgehead atoms. The van der Waals surface area contributed by atoms with E-state index in [2.05, 4.69) is 43.0 Å². The van der Waals surface area contributed by atoms with Crippen LogP contribution in [0.1, 0.15) is 33.3 Å². The van der Waals surface area contributed by atoms with Crippen molar-refractivity contribution in [1.82, 2.24) is 4.90 Å². The largest absolute Gasteiger partial charge is 0.444 e. The van der Waals surface area contributed by atoms with Crippen molar-refractivity contribution < 1.29 is 9.53 Å². The minimum atomic E-state index is -0.441. The number of anilines is 1. The predicted octanol–water partition coefficient (Wildman–Crippen LogP) is 3.44. The number of hydrogen-bond donors (Lipinski definition) is 0. The quantitative estimate of drug-likeness (QED) is 0.794. The van der Waals surface area contributed by atoms with Crippen molar-refractivity contribution in [2.24, 2.45) is 0 Å². The third kappa shape index (κ3) is 3.90. The van der Waals surface area contributed by atoms with E-state index in [-0.39, 0.29) is 12.1 Å². The second-order valence-corrected chi connectivity index (χ2v) is 6.76. The molecule has 1 aliphatic rings. The molecule has 4 nitrogen and oxygen atoms in total. The number of carbonyl (C=O) groups excluding carboxylic acids is 1. The number of amides is 1. The van der Waals surface area contributed by atoms with Crippen LogP contribution in [-0.4, -0.2) is 42.3 Å². The third-order valence-electron chi connectivity index (χ3n) is 3.71. The lowest BCUT2D eigenvalue weighted by atomic mass is 10.1. The fraction of sp³-hybridized carbons (Fsp3) is 0.588. The van der Waals surface area contributed by atoms with Gasteiger partial charge in [-0.2, -0.15) is 0 Å². The summed E-state index contributed by atoms with van der Waals surface area (Å²) < 4.78 is 5.48. The van der Waals surface area contributed by atoms with Crippen molar-refractivity contribution in [2.75, 3.05) is 24.5 Å². The number of nitrogens with zero attached hydrogens (tertiary/aromatic N) is 2. The van der Waals surface area contributed by atoms with Gasteiger partial charge in [-0.3, -0.25) is 0 Å². The maximum Gasteiger partial charge on any atom is 0.410 e. The van der Waals surface area contributed by atoms with Gasteiger partial charge in [-0.1, -0.05) is 18.2 Å². The van der Waals surface area contributed by atoms with Gasteiger partial charge in [-0.15, -0.1) is 0 Å². The predicted molar refractivity (Wildman–Crippen MR) is 85.8 cm³/mol. The Labute approximate surface area is 127 Å². The third-order valence-corrected chi connectivity index (χ3v) is 3.71. The Morgan fingerprint density at radius 1 is 1.24 bits per heavy atom. The molecule has 1 aromatic rings. The van der Waals surface area contributed by atoms with Crippen LogP contribution in [0.15, 0.2) is 24.3 Å². The number of hydrogen-bond acceptors (Lipinski definition) is 3. The number of rotatable bonds is 1. The van der Waals surface area contributed by atoms with E-state index in [1.807, 2.05) is 25.7 Å². The Balaban J connectivity index is 2.03. The highest BCUT2D eigenvalue weighted by atomic mass is 16.6. The van der Waals surface area contributed by atoms with Crippen molar-refractivity contribution in [3.8, 4) is 0 Å². The van der Waals surface area contributed by atoms with Crippen LogP contribution in [0.5, 0.6) is 0 Å². The molecule has 0 aliphatic carbocycles. The molecule has 0 radical (unpaired) electrons. The summed E-state index contributed by atoms with van der Waals surface area (Å²) in [5, 5.41) is 0. The summed E-state index contributed by atoms with van der Waals surface area (Å²) in [4.78, 5) is 16.4. The molecule has 0 saturated carbocycles. The van der Waals surface area contributed by atoms with Crippen LogP contribution in [0.2, 0.25) is 0 Å². The molecule has 0 unspecified atom stereocenters. The smallest absolute Gasteiger partial charge is 0.410 e. The highest BCUT2D eigenvalue weighted by Gasteiger charge is 2.31. The van der Waals surface area contributed by atoms with E-state index >= 15 is 0 Å². The van der Waals surface area contributed by atoms with Gasteiger partial charge < -0.3 is 14.5 Å². The van der Waals surface area contributed by atoms with Gasteiger partial charge in [-0.25, -0.2) is 4.79 Å². The Kier molecular flexibility index (Phi) is 4.45. The molecule has 1 amide bonds. The van der Waals surface area contributed by atoms with Crippen LogP contribution in [0, 0.1) is 6.92 Å². The van der Waals surface area contributed by atoms with Gasteiger partial charge in [0.25, 0.3) is 0 Å². The standard InChI is InChI=1S/C17H26N2O2/c1-13-8-6-7-9-15(13)18-10-11-19(14(2)12-18)16(20)21-17(3,4)5/h6-9,14H,10-12H2,1-5H3/t14-/m1/s1. The molecule has 1 aliphatic heterocycles. The van der Waals surface area contributed by atoms with Gasteiger partial charge >= 0.3 is 6.09 Å². The van der Waals surface area contributed by atoms with Crippen LogP contribution in [0.4, 0.5) is 10.5 Å². The Morgan fingerprint density at radius 3 is 2.48 bits per heavy atom. The van der Waals surface area contributed by atoms with Crippen molar-refractivity contribution in [2.45, 2.75) is 46.3 Å². The molecule has 116 valence electrons. The Hall–Kier alpha value is -1.71. The molecule has 1 heterocycles. The summed E-state index contributed by atoms with van der Waals surface area (Å²) in [5.41, 5.74) is 2.09. The molecule has 1 aromatic carbocycles. The van der Waals surface area contributed by atoms with Crippen LogP contribution < -0.4 is 4.90 Å². The maximum absolute atomic E-state index is 12.2. The zero-order valence-corrected chi connectivity index (χ0v) is 13.7. The van der Waals surface area contributed by atoms with Crippen molar-refractivity contribution in [3.63, 3.8) is 0 Å². The molecular weight excluding hydrogens is 264 g/mol. The topological polar surface area (TPSA) is 32.8 Å². The lowest BCUT2D eigenvalue weighted by molar-refractivity contribution is 0.0159.